The molecule has 2 rings (SSSR count). The predicted octanol–water partition coefficient (Wildman–Crippen LogP) is 2.64. The lowest BCUT2D eigenvalue weighted by Gasteiger charge is -2.10. The molecule has 0 aliphatic heterocycles. The molecule has 0 radical (unpaired) electrons. The second-order valence-corrected chi connectivity index (χ2v) is 6.92. The van der Waals surface area contributed by atoms with Crippen LogP contribution in [0, 0.1) is 0 Å². The minimum atomic E-state index is -0.265. The van der Waals surface area contributed by atoms with Crippen LogP contribution >= 0.6 is 0 Å². The van der Waals surface area contributed by atoms with Crippen LogP contribution in [-0.4, -0.2) is 51.1 Å². The van der Waals surface area contributed by atoms with Gasteiger partial charge in [-0.3, -0.25) is 14.4 Å². The molecule has 0 saturated heterocycles. The van der Waals surface area contributed by atoms with Gasteiger partial charge in [-0.1, -0.05) is 25.5 Å². The molecule has 2 aromatic carbocycles. The summed E-state index contributed by atoms with van der Waals surface area (Å²) < 4.78 is 4.91. The molecule has 0 aliphatic rings. The molecule has 0 spiro atoms. The van der Waals surface area contributed by atoms with Gasteiger partial charge in [-0.2, -0.15) is 0 Å². The van der Waals surface area contributed by atoms with Gasteiger partial charge in [-0.25, -0.2) is 0 Å². The second kappa shape index (κ2) is 13.0. The molecule has 2 aromatic rings. The Morgan fingerprint density at radius 3 is 2.13 bits per heavy atom. The Kier molecular flexibility index (Phi) is 10.0. The van der Waals surface area contributed by atoms with Crippen molar-refractivity contribution < 1.29 is 19.1 Å². The molecular weight excluding hydrogens is 396 g/mol. The smallest absolute Gasteiger partial charge is 0.251 e. The summed E-state index contributed by atoms with van der Waals surface area (Å²) in [5, 5.41) is 11.4. The second-order valence-electron chi connectivity index (χ2n) is 6.92. The Morgan fingerprint density at radius 2 is 1.48 bits per heavy atom. The first kappa shape index (κ1) is 23.9. The summed E-state index contributed by atoms with van der Waals surface area (Å²) in [7, 11) is 1.57. The summed E-state index contributed by atoms with van der Waals surface area (Å²) >= 11 is 0. The van der Waals surface area contributed by atoms with Gasteiger partial charge >= 0.3 is 0 Å². The maximum Gasteiger partial charge on any atom is 0.251 e. The van der Waals surface area contributed by atoms with Gasteiger partial charge in [0.1, 0.15) is 0 Å². The Bertz CT molecular complexity index is 885. The highest BCUT2D eigenvalue weighted by molar-refractivity contribution is 5.98. The fourth-order valence-electron chi connectivity index (χ4n) is 2.75. The molecule has 0 saturated carbocycles. The number of unbranched alkanes of at least 4 members (excludes halogenated alkanes) is 1. The third kappa shape index (κ3) is 8.47. The molecule has 0 unspecified atom stereocenters. The predicted molar refractivity (Wildman–Crippen MR) is 121 cm³/mol. The lowest BCUT2D eigenvalue weighted by atomic mass is 10.1. The summed E-state index contributed by atoms with van der Waals surface area (Å²) in [4.78, 5) is 36.6. The van der Waals surface area contributed by atoms with Gasteiger partial charge in [-0.05, 0) is 42.8 Å². The van der Waals surface area contributed by atoms with Crippen LogP contribution in [0.4, 0.5) is 11.4 Å². The number of ether oxygens (including phenoxy) is 1. The van der Waals surface area contributed by atoms with E-state index in [1.54, 1.807) is 55.6 Å². The van der Waals surface area contributed by atoms with E-state index in [-0.39, 0.29) is 24.3 Å². The highest BCUT2D eigenvalue weighted by atomic mass is 16.5. The number of benzene rings is 2. The van der Waals surface area contributed by atoms with E-state index in [1.165, 1.54) is 0 Å². The minimum Gasteiger partial charge on any atom is -0.383 e. The summed E-state index contributed by atoms with van der Waals surface area (Å²) in [5.41, 5.74) is 2.18. The Balaban J connectivity index is 1.87. The SMILES string of the molecule is CCCCNC(=O)c1cccc(NC(=O)CNc2cccc(C(=O)NCCOC)c2)c1. The maximum absolute atomic E-state index is 12.3. The zero-order chi connectivity index (χ0) is 22.5. The van der Waals surface area contributed by atoms with Crippen LogP contribution in [0.1, 0.15) is 40.5 Å². The highest BCUT2D eigenvalue weighted by Crippen LogP contribution is 2.12. The van der Waals surface area contributed by atoms with E-state index in [9.17, 15) is 14.4 Å². The fraction of sp³-hybridized carbons (Fsp3) is 0.348. The molecule has 4 N–H and O–H groups in total. The first-order valence-corrected chi connectivity index (χ1v) is 10.3. The van der Waals surface area contributed by atoms with Crippen LogP contribution < -0.4 is 21.3 Å². The largest absolute Gasteiger partial charge is 0.383 e. The quantitative estimate of drug-likeness (QED) is 0.390. The number of methoxy groups -OCH3 is 1. The number of hydrogen-bond acceptors (Lipinski definition) is 5. The van der Waals surface area contributed by atoms with E-state index in [4.69, 9.17) is 4.74 Å². The molecule has 3 amide bonds. The van der Waals surface area contributed by atoms with Crippen molar-refractivity contribution in [3.05, 3.63) is 59.7 Å². The lowest BCUT2D eigenvalue weighted by molar-refractivity contribution is -0.114. The first-order valence-electron chi connectivity index (χ1n) is 10.3. The summed E-state index contributed by atoms with van der Waals surface area (Å²) in [5.74, 6) is -0.638. The minimum absolute atomic E-state index is 0.0155. The lowest BCUT2D eigenvalue weighted by Crippen LogP contribution is -2.27. The van der Waals surface area contributed by atoms with Gasteiger partial charge in [0.15, 0.2) is 0 Å². The van der Waals surface area contributed by atoms with Gasteiger partial charge in [-0.15, -0.1) is 0 Å². The van der Waals surface area contributed by atoms with Crippen LogP contribution in [0.5, 0.6) is 0 Å². The Morgan fingerprint density at radius 1 is 0.871 bits per heavy atom. The van der Waals surface area contributed by atoms with E-state index in [0.717, 1.165) is 12.8 Å². The van der Waals surface area contributed by atoms with Crippen LogP contribution in [0.25, 0.3) is 0 Å². The molecule has 0 atom stereocenters. The normalized spacial score (nSPS) is 10.3. The monoisotopic (exact) mass is 426 g/mol. The molecule has 0 bridgehead atoms. The van der Waals surface area contributed by atoms with Crippen molar-refractivity contribution in [1.82, 2.24) is 10.6 Å². The highest BCUT2D eigenvalue weighted by Gasteiger charge is 2.09. The summed E-state index contributed by atoms with van der Waals surface area (Å²) in [6.07, 6.45) is 1.93. The van der Waals surface area contributed by atoms with Crippen LogP contribution in [0.3, 0.4) is 0 Å². The van der Waals surface area contributed by atoms with Gasteiger partial charge in [0, 0.05) is 42.7 Å². The molecule has 31 heavy (non-hydrogen) atoms. The third-order valence-electron chi connectivity index (χ3n) is 4.39. The zero-order valence-electron chi connectivity index (χ0n) is 18.0. The topological polar surface area (TPSA) is 109 Å². The fourth-order valence-corrected chi connectivity index (χ4v) is 2.75. The molecule has 0 fully saturated rings. The number of carbonyl (C=O) groups is 3. The number of nitrogens with one attached hydrogen (secondary N) is 4. The maximum atomic E-state index is 12.3. The molecular formula is C23H30N4O4. The number of anilines is 2. The van der Waals surface area contributed by atoms with E-state index < -0.39 is 0 Å². The molecule has 8 heteroatoms. The molecule has 8 nitrogen and oxygen atoms in total. The van der Waals surface area contributed by atoms with Gasteiger partial charge in [0.05, 0.1) is 13.2 Å². The van der Waals surface area contributed by atoms with Crippen molar-refractivity contribution in [2.24, 2.45) is 0 Å². The number of amides is 3. The molecule has 0 aliphatic carbocycles. The molecule has 0 heterocycles. The van der Waals surface area contributed by atoms with Gasteiger partial charge in [0.2, 0.25) is 5.91 Å². The zero-order valence-corrected chi connectivity index (χ0v) is 18.0. The summed E-state index contributed by atoms with van der Waals surface area (Å²) in [6.45, 7) is 3.56. The number of rotatable bonds is 12. The third-order valence-corrected chi connectivity index (χ3v) is 4.39. The average molecular weight is 427 g/mol. The Hall–Kier alpha value is -3.39. The number of hydrogen-bond donors (Lipinski definition) is 4. The van der Waals surface area contributed by atoms with E-state index >= 15 is 0 Å². The molecule has 0 aromatic heterocycles. The van der Waals surface area contributed by atoms with Crippen molar-refractivity contribution in [2.45, 2.75) is 19.8 Å². The number of carbonyl (C=O) groups excluding carboxylic acids is 3. The van der Waals surface area contributed by atoms with Crippen LogP contribution in [0.2, 0.25) is 0 Å². The van der Waals surface area contributed by atoms with Gasteiger partial charge < -0.3 is 26.0 Å². The van der Waals surface area contributed by atoms with Crippen LogP contribution in [0.15, 0.2) is 48.5 Å². The molecule has 166 valence electrons. The van der Waals surface area contributed by atoms with Crippen molar-refractivity contribution in [3.63, 3.8) is 0 Å². The van der Waals surface area contributed by atoms with E-state index in [1.807, 2.05) is 0 Å². The first-order chi connectivity index (χ1) is 15.0. The van der Waals surface area contributed by atoms with Crippen LogP contribution in [-0.2, 0) is 9.53 Å². The van der Waals surface area contributed by atoms with Crippen molar-refractivity contribution in [3.8, 4) is 0 Å². The standard InChI is InChI=1S/C23H30N4O4/c1-3-4-11-24-22(29)18-8-6-10-20(15-18)27-21(28)16-26-19-9-5-7-17(14-19)23(30)25-12-13-31-2/h5-10,14-15,26H,3-4,11-13,16H2,1-2H3,(H,24,29)(H,25,30)(H,27,28). The summed E-state index contributed by atoms with van der Waals surface area (Å²) in [6, 6.07) is 13.7. The average Bonchev–Trinajstić information content (AvgIpc) is 2.78. The van der Waals surface area contributed by atoms with Crippen molar-refractivity contribution >= 4 is 29.1 Å². The van der Waals surface area contributed by atoms with Crippen molar-refractivity contribution in [2.75, 3.05) is 44.0 Å². The Labute approximate surface area is 182 Å². The van der Waals surface area contributed by atoms with Crippen molar-refractivity contribution in [1.29, 1.82) is 0 Å². The van der Waals surface area contributed by atoms with E-state index in [0.29, 0.717) is 42.2 Å². The van der Waals surface area contributed by atoms with E-state index in [2.05, 4.69) is 28.2 Å². The van der Waals surface area contributed by atoms with Gasteiger partial charge in [0.25, 0.3) is 11.8 Å².